The first-order valence-corrected chi connectivity index (χ1v) is 9.24. The molecule has 1 aliphatic rings. The van der Waals surface area contributed by atoms with E-state index < -0.39 is 26.9 Å². The average molecular weight is 331 g/mol. The highest BCUT2D eigenvalue weighted by Gasteiger charge is 2.30. The molecule has 1 fully saturated rings. The van der Waals surface area contributed by atoms with Gasteiger partial charge >= 0.3 is 0 Å². The van der Waals surface area contributed by atoms with Gasteiger partial charge in [-0.1, -0.05) is 6.07 Å². The molecule has 0 unspecified atom stereocenters. The van der Waals surface area contributed by atoms with Crippen LogP contribution < -0.4 is 0 Å². The third-order valence-corrected chi connectivity index (χ3v) is 6.54. The summed E-state index contributed by atoms with van der Waals surface area (Å²) in [6.07, 6.45) is 2.61. The average Bonchev–Trinajstić information content (AvgIpc) is 2.47. The van der Waals surface area contributed by atoms with Gasteiger partial charge in [-0.2, -0.15) is 0 Å². The van der Waals surface area contributed by atoms with Crippen LogP contribution in [-0.4, -0.2) is 31.1 Å². The lowest BCUT2D eigenvalue weighted by Crippen LogP contribution is -2.43. The Morgan fingerprint density at radius 1 is 1.27 bits per heavy atom. The largest absolute Gasteiger partial charge is 0.216 e. The number of nitrogens with zero attached hydrogens (tertiary/aromatic N) is 1. The number of halogens is 2. The van der Waals surface area contributed by atoms with E-state index in [1.54, 1.807) is 13.8 Å². The minimum atomic E-state index is -3.25. The summed E-state index contributed by atoms with van der Waals surface area (Å²) in [5, 5.41) is -0.435. The molecule has 0 radical (unpaired) electrons. The van der Waals surface area contributed by atoms with Crippen molar-refractivity contribution < 1.29 is 17.2 Å². The smallest absolute Gasteiger partial charge is 0.212 e. The van der Waals surface area contributed by atoms with Crippen LogP contribution in [0.4, 0.5) is 8.78 Å². The minimum Gasteiger partial charge on any atom is -0.212 e. The van der Waals surface area contributed by atoms with E-state index in [1.165, 1.54) is 22.5 Å². The van der Waals surface area contributed by atoms with Crippen molar-refractivity contribution in [1.82, 2.24) is 4.31 Å². The summed E-state index contributed by atoms with van der Waals surface area (Å²) in [4.78, 5) is 0. The lowest BCUT2D eigenvalue weighted by molar-refractivity contribution is 0.253. The van der Waals surface area contributed by atoms with Gasteiger partial charge in [0.05, 0.1) is 5.25 Å². The van der Waals surface area contributed by atoms with Crippen LogP contribution in [0.25, 0.3) is 0 Å². The molecule has 1 atom stereocenters. The van der Waals surface area contributed by atoms with Crippen molar-refractivity contribution in [3.63, 3.8) is 0 Å². The first-order valence-electron chi connectivity index (χ1n) is 7.74. The van der Waals surface area contributed by atoms with Crippen LogP contribution in [0.2, 0.25) is 0 Å². The van der Waals surface area contributed by atoms with Gasteiger partial charge in [0.25, 0.3) is 0 Å². The van der Waals surface area contributed by atoms with E-state index in [-0.39, 0.29) is 11.5 Å². The Balaban J connectivity index is 2.00. The van der Waals surface area contributed by atoms with Crippen molar-refractivity contribution >= 4 is 10.0 Å². The van der Waals surface area contributed by atoms with Gasteiger partial charge in [0.15, 0.2) is 0 Å². The van der Waals surface area contributed by atoms with Crippen molar-refractivity contribution in [2.24, 2.45) is 5.92 Å². The van der Waals surface area contributed by atoms with Crippen LogP contribution >= 0.6 is 0 Å². The Kier molecular flexibility index (Phi) is 5.55. The molecule has 0 bridgehead atoms. The van der Waals surface area contributed by atoms with Gasteiger partial charge in [0, 0.05) is 18.7 Å². The van der Waals surface area contributed by atoms with E-state index >= 15 is 0 Å². The molecule has 1 aromatic rings. The van der Waals surface area contributed by atoms with Crippen LogP contribution in [0, 0.1) is 17.6 Å². The van der Waals surface area contributed by atoms with Crippen LogP contribution in [-0.2, 0) is 16.4 Å². The third kappa shape index (κ3) is 3.84. The maximum absolute atomic E-state index is 13.6. The predicted octanol–water partition coefficient (Wildman–Crippen LogP) is 3.35. The molecular formula is C16H23F2NO2S. The van der Waals surface area contributed by atoms with Crippen molar-refractivity contribution in [2.75, 3.05) is 13.1 Å². The van der Waals surface area contributed by atoms with Crippen LogP contribution in [0.5, 0.6) is 0 Å². The highest BCUT2D eigenvalue weighted by atomic mass is 32.2. The molecule has 1 aromatic carbocycles. The minimum absolute atomic E-state index is 0.103. The lowest BCUT2D eigenvalue weighted by atomic mass is 9.92. The monoisotopic (exact) mass is 331 g/mol. The fourth-order valence-electron chi connectivity index (χ4n) is 2.91. The second-order valence-corrected chi connectivity index (χ2v) is 8.69. The summed E-state index contributed by atoms with van der Waals surface area (Å²) in [5.74, 6) is -0.897. The molecule has 124 valence electrons. The van der Waals surface area contributed by atoms with Gasteiger partial charge in [0.1, 0.15) is 11.6 Å². The SMILES string of the molecule is CC(C)S(=O)(=O)N1CCC[C@@H](CCc2c(F)cccc2F)C1. The van der Waals surface area contributed by atoms with E-state index in [2.05, 4.69) is 0 Å². The summed E-state index contributed by atoms with van der Waals surface area (Å²) in [7, 11) is -3.25. The van der Waals surface area contributed by atoms with E-state index in [4.69, 9.17) is 0 Å². The van der Waals surface area contributed by atoms with Gasteiger partial charge in [-0.15, -0.1) is 0 Å². The maximum Gasteiger partial charge on any atom is 0.216 e. The van der Waals surface area contributed by atoms with Gasteiger partial charge in [-0.3, -0.25) is 0 Å². The summed E-state index contributed by atoms with van der Waals surface area (Å²) < 4.78 is 53.2. The molecule has 1 saturated heterocycles. The molecule has 1 aliphatic heterocycles. The number of hydrogen-bond donors (Lipinski definition) is 0. The quantitative estimate of drug-likeness (QED) is 0.830. The number of hydrogen-bond acceptors (Lipinski definition) is 2. The van der Waals surface area contributed by atoms with E-state index in [9.17, 15) is 17.2 Å². The Morgan fingerprint density at radius 3 is 2.50 bits per heavy atom. The van der Waals surface area contributed by atoms with Crippen molar-refractivity contribution in [1.29, 1.82) is 0 Å². The molecule has 0 saturated carbocycles. The normalized spacial score (nSPS) is 20.5. The number of sulfonamides is 1. The third-order valence-electron chi connectivity index (χ3n) is 4.30. The van der Waals surface area contributed by atoms with Crippen molar-refractivity contribution in [3.8, 4) is 0 Å². The van der Waals surface area contributed by atoms with E-state index in [1.807, 2.05) is 0 Å². The Labute approximate surface area is 131 Å². The maximum atomic E-state index is 13.6. The van der Waals surface area contributed by atoms with Crippen LogP contribution in [0.15, 0.2) is 18.2 Å². The van der Waals surface area contributed by atoms with Gasteiger partial charge < -0.3 is 0 Å². The van der Waals surface area contributed by atoms with Gasteiger partial charge in [-0.25, -0.2) is 21.5 Å². The molecule has 0 aromatic heterocycles. The van der Waals surface area contributed by atoms with Crippen LogP contribution in [0.3, 0.4) is 0 Å². The summed E-state index contributed by atoms with van der Waals surface area (Å²) >= 11 is 0. The van der Waals surface area contributed by atoms with E-state index in [0.717, 1.165) is 12.8 Å². The number of benzene rings is 1. The molecule has 6 heteroatoms. The summed E-state index contributed by atoms with van der Waals surface area (Å²) in [6, 6.07) is 3.87. The second-order valence-electron chi connectivity index (χ2n) is 6.20. The lowest BCUT2D eigenvalue weighted by Gasteiger charge is -2.33. The van der Waals surface area contributed by atoms with E-state index in [0.29, 0.717) is 25.9 Å². The molecule has 0 N–H and O–H groups in total. The fraction of sp³-hybridized carbons (Fsp3) is 0.625. The standard InChI is InChI=1S/C16H23F2NO2S/c1-12(2)22(20,21)19-10-4-5-13(11-19)8-9-14-15(17)6-3-7-16(14)18/h3,6-7,12-13H,4-5,8-11H2,1-2H3/t13-/m0/s1. The molecular weight excluding hydrogens is 308 g/mol. The first-order chi connectivity index (χ1) is 10.3. The summed E-state index contributed by atoms with van der Waals surface area (Å²) in [5.41, 5.74) is 0.103. The molecule has 0 amide bonds. The molecule has 1 heterocycles. The molecule has 0 spiro atoms. The fourth-order valence-corrected chi connectivity index (χ4v) is 4.31. The van der Waals surface area contributed by atoms with Gasteiger partial charge in [0.2, 0.25) is 10.0 Å². The molecule has 22 heavy (non-hydrogen) atoms. The number of rotatable bonds is 5. The second kappa shape index (κ2) is 7.04. The molecule has 3 nitrogen and oxygen atoms in total. The van der Waals surface area contributed by atoms with Gasteiger partial charge in [-0.05, 0) is 57.6 Å². The Morgan fingerprint density at radius 2 is 1.91 bits per heavy atom. The zero-order valence-electron chi connectivity index (χ0n) is 13.1. The Hall–Kier alpha value is -1.01. The van der Waals surface area contributed by atoms with Crippen molar-refractivity contribution in [2.45, 2.75) is 44.8 Å². The highest BCUT2D eigenvalue weighted by Crippen LogP contribution is 2.26. The zero-order valence-corrected chi connectivity index (χ0v) is 13.9. The number of piperidine rings is 1. The first kappa shape index (κ1) is 17.3. The summed E-state index contributed by atoms with van der Waals surface area (Å²) in [6.45, 7) is 4.35. The zero-order chi connectivity index (χ0) is 16.3. The van der Waals surface area contributed by atoms with Crippen LogP contribution in [0.1, 0.15) is 38.7 Å². The highest BCUT2D eigenvalue weighted by molar-refractivity contribution is 7.89. The van der Waals surface area contributed by atoms with Crippen molar-refractivity contribution in [3.05, 3.63) is 35.4 Å². The predicted molar refractivity (Wildman–Crippen MR) is 83.0 cm³/mol. The molecule has 0 aliphatic carbocycles. The molecule has 2 rings (SSSR count). The Bertz CT molecular complexity index is 596. The topological polar surface area (TPSA) is 37.4 Å².